The first-order valence-corrected chi connectivity index (χ1v) is 8.13. The Hall–Kier alpha value is -0.540. The van der Waals surface area contributed by atoms with Crippen molar-refractivity contribution in [2.45, 2.75) is 31.7 Å². The molecule has 5 rings (SSSR count). The van der Waals surface area contributed by atoms with E-state index >= 15 is 0 Å². The van der Waals surface area contributed by atoms with Gasteiger partial charge in [-0.3, -0.25) is 0 Å². The second-order valence-corrected chi connectivity index (χ2v) is 6.55. The van der Waals surface area contributed by atoms with E-state index in [1.165, 1.54) is 62.0 Å². The maximum atomic E-state index is 3.85. The summed E-state index contributed by atoms with van der Waals surface area (Å²) in [5, 5.41) is 3.85. The van der Waals surface area contributed by atoms with E-state index in [2.05, 4.69) is 40.6 Å². The summed E-state index contributed by atoms with van der Waals surface area (Å²) in [6.45, 7) is 4.97. The number of nitrogens with one attached hydrogen (secondary N) is 1. The molecule has 0 aromatic heterocycles. The van der Waals surface area contributed by atoms with Crippen molar-refractivity contribution < 1.29 is 0 Å². The largest absolute Gasteiger partial charge is 0.308 e. The first-order chi connectivity index (χ1) is 9.90. The number of aryl methyl sites for hydroxylation is 1. The number of nitrogens with zero attached hydrogens (tertiary/aromatic N) is 1. The number of halogens is 2. The number of piperidine rings is 3. The molecule has 22 heavy (non-hydrogen) atoms. The van der Waals surface area contributed by atoms with E-state index in [0.717, 1.165) is 12.5 Å². The smallest absolute Gasteiger partial charge is 0.0227 e. The third-order valence-electron chi connectivity index (χ3n) is 5.38. The second kappa shape index (κ2) is 7.83. The molecule has 4 aliphatic rings. The van der Waals surface area contributed by atoms with E-state index in [4.69, 9.17) is 0 Å². The zero-order valence-electron chi connectivity index (χ0n) is 13.0. The number of benzene rings is 1. The number of fused-ring (bicyclic) bond motifs is 4. The van der Waals surface area contributed by atoms with Crippen molar-refractivity contribution in [1.82, 2.24) is 10.2 Å². The van der Waals surface area contributed by atoms with Crippen molar-refractivity contribution in [3.63, 3.8) is 0 Å². The number of hydrogen-bond acceptors (Lipinski definition) is 2. The van der Waals surface area contributed by atoms with Crippen molar-refractivity contribution in [2.24, 2.45) is 5.92 Å². The van der Waals surface area contributed by atoms with Crippen molar-refractivity contribution in [3.8, 4) is 0 Å². The summed E-state index contributed by atoms with van der Waals surface area (Å²) in [5.41, 5.74) is 4.52. The zero-order chi connectivity index (χ0) is 13.4. The average Bonchev–Trinajstić information content (AvgIpc) is 2.54. The molecule has 1 unspecified atom stereocenters. The summed E-state index contributed by atoms with van der Waals surface area (Å²) in [4.78, 5) is 2.63. The Morgan fingerprint density at radius 3 is 2.59 bits per heavy atom. The lowest BCUT2D eigenvalue weighted by Gasteiger charge is -2.45. The zero-order valence-corrected chi connectivity index (χ0v) is 14.6. The van der Waals surface area contributed by atoms with Gasteiger partial charge in [-0.05, 0) is 61.4 Å². The van der Waals surface area contributed by atoms with Crippen LogP contribution in [0.4, 0.5) is 0 Å². The van der Waals surface area contributed by atoms with Crippen molar-refractivity contribution in [1.29, 1.82) is 0 Å². The molecular weight excluding hydrogens is 315 g/mol. The Bertz CT molecular complexity index is 522. The number of allylic oxidation sites excluding steroid dienone is 1. The molecule has 0 radical (unpaired) electrons. The van der Waals surface area contributed by atoms with Crippen LogP contribution in [0.5, 0.6) is 0 Å². The molecule has 0 spiro atoms. The standard InChI is InChI=1S/C18H24N2.2ClH/c1-2-7-17-14(4-1)5-3-6-16(17)12-19-18-13-20-10-8-15(18)9-11-20;;/h1-2,4,6-7,15,18-19H,3,5,8-13H2;2*1H. The lowest BCUT2D eigenvalue weighted by Crippen LogP contribution is -2.56. The molecule has 2 bridgehead atoms. The van der Waals surface area contributed by atoms with Crippen molar-refractivity contribution in [3.05, 3.63) is 41.5 Å². The molecule has 1 aromatic carbocycles. The predicted octanol–water partition coefficient (Wildman–Crippen LogP) is 3.54. The van der Waals surface area contributed by atoms with Gasteiger partial charge in [-0.15, -0.1) is 24.8 Å². The van der Waals surface area contributed by atoms with Crippen LogP contribution in [0.15, 0.2) is 30.3 Å². The molecule has 3 heterocycles. The SMILES string of the molecule is C1=C(CNC2CN3CCC2CC3)c2ccccc2CC1.Cl.Cl. The fourth-order valence-corrected chi connectivity index (χ4v) is 4.17. The lowest BCUT2D eigenvalue weighted by molar-refractivity contribution is 0.0747. The van der Waals surface area contributed by atoms with Crippen LogP contribution in [0.1, 0.15) is 30.4 Å². The van der Waals surface area contributed by atoms with Crippen LogP contribution in [0.2, 0.25) is 0 Å². The third-order valence-corrected chi connectivity index (χ3v) is 5.38. The van der Waals surface area contributed by atoms with Gasteiger partial charge in [0.15, 0.2) is 0 Å². The second-order valence-electron chi connectivity index (χ2n) is 6.55. The lowest BCUT2D eigenvalue weighted by atomic mass is 9.83. The van der Waals surface area contributed by atoms with Gasteiger partial charge in [0, 0.05) is 19.1 Å². The Kier molecular flexibility index (Phi) is 6.34. The Morgan fingerprint density at radius 1 is 1.09 bits per heavy atom. The van der Waals surface area contributed by atoms with E-state index in [9.17, 15) is 0 Å². The van der Waals surface area contributed by atoms with Crippen LogP contribution in [-0.4, -0.2) is 37.1 Å². The summed E-state index contributed by atoms with van der Waals surface area (Å²) in [6.07, 6.45) is 7.64. The van der Waals surface area contributed by atoms with Crippen LogP contribution in [-0.2, 0) is 6.42 Å². The molecule has 0 saturated carbocycles. The molecule has 3 fully saturated rings. The molecule has 1 aliphatic carbocycles. The molecule has 0 amide bonds. The van der Waals surface area contributed by atoms with E-state index in [1.54, 1.807) is 0 Å². The van der Waals surface area contributed by atoms with Gasteiger partial charge < -0.3 is 10.2 Å². The Labute approximate surface area is 146 Å². The summed E-state index contributed by atoms with van der Waals surface area (Å²) >= 11 is 0. The first-order valence-electron chi connectivity index (χ1n) is 8.13. The van der Waals surface area contributed by atoms with Crippen molar-refractivity contribution >= 4 is 30.4 Å². The maximum Gasteiger partial charge on any atom is 0.0227 e. The normalized spacial score (nSPS) is 28.9. The predicted molar refractivity (Wildman–Crippen MR) is 98.2 cm³/mol. The highest BCUT2D eigenvalue weighted by molar-refractivity contribution is 5.85. The van der Waals surface area contributed by atoms with Gasteiger partial charge in [-0.25, -0.2) is 0 Å². The molecule has 122 valence electrons. The Morgan fingerprint density at radius 2 is 1.86 bits per heavy atom. The fraction of sp³-hybridized carbons (Fsp3) is 0.556. The molecule has 4 heteroatoms. The van der Waals surface area contributed by atoms with Gasteiger partial charge in [0.05, 0.1) is 0 Å². The van der Waals surface area contributed by atoms with Crippen LogP contribution in [0, 0.1) is 5.92 Å². The summed E-state index contributed by atoms with van der Waals surface area (Å²) in [7, 11) is 0. The first kappa shape index (κ1) is 17.8. The maximum absolute atomic E-state index is 3.85. The van der Waals surface area contributed by atoms with Crippen LogP contribution in [0.3, 0.4) is 0 Å². The molecule has 1 aromatic rings. The third kappa shape index (κ3) is 3.51. The van der Waals surface area contributed by atoms with E-state index in [0.29, 0.717) is 6.04 Å². The number of rotatable bonds is 3. The van der Waals surface area contributed by atoms with E-state index < -0.39 is 0 Å². The highest BCUT2D eigenvalue weighted by Crippen LogP contribution is 2.29. The summed E-state index contributed by atoms with van der Waals surface area (Å²) in [5.74, 6) is 0.916. The monoisotopic (exact) mass is 340 g/mol. The summed E-state index contributed by atoms with van der Waals surface area (Å²) in [6, 6.07) is 9.64. The highest BCUT2D eigenvalue weighted by atomic mass is 35.5. The number of hydrogen-bond donors (Lipinski definition) is 1. The molecule has 3 saturated heterocycles. The molecule has 1 N–H and O–H groups in total. The van der Waals surface area contributed by atoms with Gasteiger partial charge in [-0.1, -0.05) is 30.3 Å². The van der Waals surface area contributed by atoms with Crippen LogP contribution >= 0.6 is 24.8 Å². The van der Waals surface area contributed by atoms with Gasteiger partial charge in [0.1, 0.15) is 0 Å². The Balaban J connectivity index is 0.000000882. The van der Waals surface area contributed by atoms with Gasteiger partial charge in [-0.2, -0.15) is 0 Å². The minimum Gasteiger partial charge on any atom is -0.308 e. The summed E-state index contributed by atoms with van der Waals surface area (Å²) < 4.78 is 0. The van der Waals surface area contributed by atoms with Crippen molar-refractivity contribution in [2.75, 3.05) is 26.2 Å². The van der Waals surface area contributed by atoms with Gasteiger partial charge in [0.2, 0.25) is 0 Å². The quantitative estimate of drug-likeness (QED) is 0.905. The molecule has 3 aliphatic heterocycles. The van der Waals surface area contributed by atoms with Gasteiger partial charge in [0.25, 0.3) is 0 Å². The molecular formula is C18H26Cl2N2. The average molecular weight is 341 g/mol. The van der Waals surface area contributed by atoms with Crippen LogP contribution in [0.25, 0.3) is 5.57 Å². The van der Waals surface area contributed by atoms with Crippen LogP contribution < -0.4 is 5.32 Å². The highest BCUT2D eigenvalue weighted by Gasteiger charge is 2.33. The minimum atomic E-state index is 0. The van der Waals surface area contributed by atoms with E-state index in [-0.39, 0.29) is 24.8 Å². The topological polar surface area (TPSA) is 15.3 Å². The molecule has 2 nitrogen and oxygen atoms in total. The fourth-order valence-electron chi connectivity index (χ4n) is 4.17. The minimum absolute atomic E-state index is 0. The van der Waals surface area contributed by atoms with Gasteiger partial charge >= 0.3 is 0 Å². The molecule has 1 atom stereocenters. The van der Waals surface area contributed by atoms with E-state index in [1.807, 2.05) is 0 Å².